The molecule has 0 atom stereocenters. The first-order chi connectivity index (χ1) is 15.6. The third kappa shape index (κ3) is 4.79. The Morgan fingerprint density at radius 3 is 2.39 bits per heavy atom. The van der Waals surface area contributed by atoms with E-state index in [1.807, 2.05) is 0 Å². The maximum absolute atomic E-state index is 13.5. The van der Waals surface area contributed by atoms with Crippen molar-refractivity contribution < 1.29 is 23.0 Å². The number of aryl methyl sites for hydroxylation is 1. The van der Waals surface area contributed by atoms with Gasteiger partial charge in [0.05, 0.1) is 34.4 Å². The molecule has 0 aliphatic rings. The lowest BCUT2D eigenvalue weighted by atomic mass is 9.97. The second-order valence-electron chi connectivity index (χ2n) is 7.33. The molecule has 0 bridgehead atoms. The number of alkyl halides is 3. The Balaban J connectivity index is 1.84. The fourth-order valence-corrected chi connectivity index (χ4v) is 3.79. The maximum Gasteiger partial charge on any atom is 0.417 e. The molecule has 170 valence electrons. The molecule has 0 saturated heterocycles. The molecule has 0 saturated carbocycles. The van der Waals surface area contributed by atoms with Crippen molar-refractivity contribution in [1.82, 2.24) is 9.55 Å². The highest BCUT2D eigenvalue weighted by atomic mass is 35.5. The van der Waals surface area contributed by atoms with Crippen LogP contribution in [0.5, 0.6) is 11.5 Å². The zero-order valence-electron chi connectivity index (χ0n) is 17.2. The van der Waals surface area contributed by atoms with Gasteiger partial charge in [0.25, 0.3) is 0 Å². The van der Waals surface area contributed by atoms with E-state index in [0.29, 0.717) is 16.3 Å². The first-order valence-corrected chi connectivity index (χ1v) is 10.5. The van der Waals surface area contributed by atoms with Crippen LogP contribution in [0.3, 0.4) is 0 Å². The summed E-state index contributed by atoms with van der Waals surface area (Å²) >= 11 is 11.7. The van der Waals surface area contributed by atoms with Gasteiger partial charge in [0.2, 0.25) is 0 Å². The van der Waals surface area contributed by atoms with Gasteiger partial charge < -0.3 is 14.4 Å². The Morgan fingerprint density at radius 2 is 1.76 bits per heavy atom. The molecule has 0 unspecified atom stereocenters. The molecule has 4 rings (SSSR count). The van der Waals surface area contributed by atoms with Gasteiger partial charge in [0.1, 0.15) is 18.1 Å². The standard InChI is InChI=1S/C24H17Cl2F3N2O2/c1-31-13-30-11-20(31)17-7-9-21(33-12-14-2-5-16(25)6-3-14)22(23(17)32)15-4-8-19(26)18(10-15)24(27,28)29/h2-11,13,32H,12H2,1H3. The van der Waals surface area contributed by atoms with Crippen molar-refractivity contribution in [3.05, 3.63) is 88.3 Å². The van der Waals surface area contributed by atoms with Gasteiger partial charge in [0, 0.05) is 17.6 Å². The lowest BCUT2D eigenvalue weighted by Gasteiger charge is -2.18. The summed E-state index contributed by atoms with van der Waals surface area (Å²) in [6.07, 6.45) is -1.55. The zero-order valence-corrected chi connectivity index (χ0v) is 18.7. The highest BCUT2D eigenvalue weighted by Crippen LogP contribution is 2.46. The molecule has 4 aromatic rings. The van der Waals surface area contributed by atoms with Gasteiger partial charge in [-0.3, -0.25) is 0 Å². The number of aromatic hydroxyl groups is 1. The highest BCUT2D eigenvalue weighted by molar-refractivity contribution is 6.31. The fraction of sp³-hybridized carbons (Fsp3) is 0.125. The summed E-state index contributed by atoms with van der Waals surface area (Å²) in [5.74, 6) is -0.0218. The van der Waals surface area contributed by atoms with Gasteiger partial charge in [-0.05, 0) is 47.5 Å². The van der Waals surface area contributed by atoms with Gasteiger partial charge in [-0.1, -0.05) is 41.4 Å². The number of hydrogen-bond donors (Lipinski definition) is 1. The average molecular weight is 493 g/mol. The number of aromatic nitrogens is 2. The molecule has 9 heteroatoms. The lowest BCUT2D eigenvalue weighted by molar-refractivity contribution is -0.137. The summed E-state index contributed by atoms with van der Waals surface area (Å²) in [5.41, 5.74) is 1.00. The fourth-order valence-electron chi connectivity index (χ4n) is 3.44. The molecule has 0 fully saturated rings. The largest absolute Gasteiger partial charge is 0.506 e. The second-order valence-corrected chi connectivity index (χ2v) is 8.18. The molecule has 0 aliphatic carbocycles. The summed E-state index contributed by atoms with van der Waals surface area (Å²) in [6, 6.07) is 13.7. The van der Waals surface area contributed by atoms with Crippen molar-refractivity contribution in [2.75, 3.05) is 0 Å². The van der Waals surface area contributed by atoms with Crippen molar-refractivity contribution in [1.29, 1.82) is 0 Å². The highest BCUT2D eigenvalue weighted by Gasteiger charge is 2.34. The third-order valence-electron chi connectivity index (χ3n) is 5.10. The molecule has 33 heavy (non-hydrogen) atoms. The van der Waals surface area contributed by atoms with Gasteiger partial charge in [-0.15, -0.1) is 0 Å². The molecule has 0 spiro atoms. The first kappa shape index (κ1) is 23.0. The average Bonchev–Trinajstić information content (AvgIpc) is 3.19. The molecule has 3 aromatic carbocycles. The molecule has 0 aliphatic heterocycles. The number of nitrogens with zero attached hydrogens (tertiary/aromatic N) is 2. The van der Waals surface area contributed by atoms with Crippen LogP contribution in [0.4, 0.5) is 13.2 Å². The quantitative estimate of drug-likeness (QED) is 0.316. The normalized spacial score (nSPS) is 11.6. The molecular formula is C24H17Cl2F3N2O2. The summed E-state index contributed by atoms with van der Waals surface area (Å²) in [5, 5.41) is 11.3. The van der Waals surface area contributed by atoms with Gasteiger partial charge in [0.15, 0.2) is 0 Å². The van der Waals surface area contributed by atoms with Gasteiger partial charge >= 0.3 is 6.18 Å². The van der Waals surface area contributed by atoms with E-state index in [1.54, 1.807) is 60.5 Å². The van der Waals surface area contributed by atoms with Gasteiger partial charge in [-0.25, -0.2) is 4.98 Å². The summed E-state index contributed by atoms with van der Waals surface area (Å²) in [4.78, 5) is 4.05. The number of ether oxygens (including phenoxy) is 1. The predicted molar refractivity (Wildman–Crippen MR) is 122 cm³/mol. The van der Waals surface area contributed by atoms with Crippen LogP contribution < -0.4 is 4.74 Å². The molecule has 1 N–H and O–H groups in total. The number of benzene rings is 3. The summed E-state index contributed by atoms with van der Waals surface area (Å²) < 4.78 is 48.1. The monoisotopic (exact) mass is 492 g/mol. The summed E-state index contributed by atoms with van der Waals surface area (Å²) in [6.45, 7) is 0.119. The van der Waals surface area contributed by atoms with Crippen molar-refractivity contribution >= 4 is 23.2 Å². The van der Waals surface area contributed by atoms with E-state index in [9.17, 15) is 18.3 Å². The molecule has 0 amide bonds. The van der Waals surface area contributed by atoms with E-state index in [1.165, 1.54) is 6.07 Å². The van der Waals surface area contributed by atoms with E-state index >= 15 is 0 Å². The van der Waals surface area contributed by atoms with Crippen LogP contribution in [0.15, 0.2) is 67.1 Å². The molecule has 4 nitrogen and oxygen atoms in total. The molecule has 1 aromatic heterocycles. The van der Waals surface area contributed by atoms with Crippen molar-refractivity contribution in [3.8, 4) is 33.9 Å². The lowest BCUT2D eigenvalue weighted by Crippen LogP contribution is -2.06. The summed E-state index contributed by atoms with van der Waals surface area (Å²) in [7, 11) is 1.75. The minimum absolute atomic E-state index is 0.111. The second kappa shape index (κ2) is 9.00. The minimum atomic E-state index is -4.66. The zero-order chi connectivity index (χ0) is 23.8. The van der Waals surface area contributed by atoms with E-state index in [0.717, 1.165) is 17.7 Å². The van der Waals surface area contributed by atoms with Crippen molar-refractivity contribution in [2.45, 2.75) is 12.8 Å². The Morgan fingerprint density at radius 1 is 1.03 bits per heavy atom. The van der Waals surface area contributed by atoms with Crippen LogP contribution in [0.25, 0.3) is 22.4 Å². The van der Waals surface area contributed by atoms with E-state index in [4.69, 9.17) is 27.9 Å². The van der Waals surface area contributed by atoms with Crippen LogP contribution in [0.1, 0.15) is 11.1 Å². The minimum Gasteiger partial charge on any atom is -0.506 e. The molecular weight excluding hydrogens is 476 g/mol. The first-order valence-electron chi connectivity index (χ1n) is 9.72. The van der Waals surface area contributed by atoms with Gasteiger partial charge in [-0.2, -0.15) is 13.2 Å². The van der Waals surface area contributed by atoms with E-state index < -0.39 is 16.8 Å². The number of phenols is 1. The Labute approximate surface area is 197 Å². The van der Waals surface area contributed by atoms with Crippen LogP contribution in [-0.4, -0.2) is 14.7 Å². The van der Waals surface area contributed by atoms with Crippen LogP contribution in [0, 0.1) is 0 Å². The number of rotatable bonds is 5. The van der Waals surface area contributed by atoms with Crippen LogP contribution in [0.2, 0.25) is 10.0 Å². The Hall–Kier alpha value is -3.16. The molecule has 1 heterocycles. The number of imidazole rings is 1. The van der Waals surface area contributed by atoms with Crippen LogP contribution >= 0.6 is 23.2 Å². The number of phenolic OH excluding ortho intramolecular Hbond substituents is 1. The Kier molecular flexibility index (Phi) is 6.28. The third-order valence-corrected chi connectivity index (χ3v) is 5.68. The van der Waals surface area contributed by atoms with Crippen molar-refractivity contribution in [2.24, 2.45) is 7.05 Å². The SMILES string of the molecule is Cn1cncc1-c1ccc(OCc2ccc(Cl)cc2)c(-c2ccc(Cl)c(C(F)(F)F)c2)c1O. The maximum atomic E-state index is 13.5. The van der Waals surface area contributed by atoms with Crippen molar-refractivity contribution in [3.63, 3.8) is 0 Å². The number of halogens is 5. The van der Waals surface area contributed by atoms with E-state index in [2.05, 4.69) is 4.98 Å². The Bertz CT molecular complexity index is 1300. The van der Waals surface area contributed by atoms with E-state index in [-0.39, 0.29) is 29.2 Å². The molecule has 0 radical (unpaired) electrons. The van der Waals surface area contributed by atoms with Crippen LogP contribution in [-0.2, 0) is 19.8 Å². The predicted octanol–water partition coefficient (Wildman–Crippen LogP) is 7.36. The smallest absolute Gasteiger partial charge is 0.417 e. The number of hydrogen-bond acceptors (Lipinski definition) is 3. The topological polar surface area (TPSA) is 47.3 Å².